The predicted molar refractivity (Wildman–Crippen MR) is 306 cm³/mol. The maximum absolute atomic E-state index is 12.9. The van der Waals surface area contributed by atoms with Gasteiger partial charge in [-0.15, -0.1) is 0 Å². The molecular formula is C62H99O11P. The van der Waals surface area contributed by atoms with E-state index in [-0.39, 0.29) is 25.9 Å². The summed E-state index contributed by atoms with van der Waals surface area (Å²) in [5.74, 6) is -1.59. The van der Waals surface area contributed by atoms with Crippen molar-refractivity contribution >= 4 is 25.7 Å². The number of esters is 3. The summed E-state index contributed by atoms with van der Waals surface area (Å²) in [7, 11) is -4.78. The maximum Gasteiger partial charge on any atom is 0.472 e. The number of hydrogen-bond acceptors (Lipinski definition) is 10. The molecule has 74 heavy (non-hydrogen) atoms. The molecule has 12 heteroatoms. The summed E-state index contributed by atoms with van der Waals surface area (Å²) in [5.41, 5.74) is 0. The topological polar surface area (TPSA) is 155 Å². The minimum Gasteiger partial charge on any atom is -0.462 e. The first-order chi connectivity index (χ1) is 36.2. The van der Waals surface area contributed by atoms with Gasteiger partial charge in [0, 0.05) is 19.3 Å². The number of carbonyl (C=O) groups is 3. The van der Waals surface area contributed by atoms with Gasteiger partial charge in [0.2, 0.25) is 0 Å². The van der Waals surface area contributed by atoms with Crippen LogP contribution in [0.3, 0.4) is 0 Å². The van der Waals surface area contributed by atoms with Crippen LogP contribution in [0.4, 0.5) is 0 Å². The van der Waals surface area contributed by atoms with Gasteiger partial charge in [-0.3, -0.25) is 23.4 Å². The number of aliphatic hydroxyl groups excluding tert-OH is 1. The number of unbranched alkanes of at least 4 members (excludes halogenated alkanes) is 11. The number of allylic oxidation sites excluding steroid dienone is 22. The summed E-state index contributed by atoms with van der Waals surface area (Å²) < 4.78 is 39.4. The van der Waals surface area contributed by atoms with E-state index in [1.165, 1.54) is 0 Å². The zero-order chi connectivity index (χ0) is 54.1. The molecule has 418 valence electrons. The first-order valence-electron chi connectivity index (χ1n) is 28.1. The lowest BCUT2D eigenvalue weighted by Crippen LogP contribution is -2.30. The minimum absolute atomic E-state index is 0.0768. The summed E-state index contributed by atoms with van der Waals surface area (Å²) in [4.78, 5) is 48.5. The smallest absolute Gasteiger partial charge is 0.462 e. The van der Waals surface area contributed by atoms with E-state index in [0.717, 1.165) is 135 Å². The average Bonchev–Trinajstić information content (AvgIpc) is 3.39. The van der Waals surface area contributed by atoms with Gasteiger partial charge in [-0.2, -0.15) is 0 Å². The van der Waals surface area contributed by atoms with E-state index in [2.05, 4.69) is 142 Å². The number of phosphoric acid groups is 1. The first-order valence-corrected chi connectivity index (χ1v) is 29.6. The van der Waals surface area contributed by atoms with Crippen LogP contribution in [0.1, 0.15) is 201 Å². The Balaban J connectivity index is 4.85. The number of ether oxygens (including phenoxy) is 3. The second-order valence-electron chi connectivity index (χ2n) is 18.0. The summed E-state index contributed by atoms with van der Waals surface area (Å²) in [6, 6.07) is 0. The van der Waals surface area contributed by atoms with E-state index in [9.17, 15) is 28.9 Å². The molecule has 0 aliphatic rings. The van der Waals surface area contributed by atoms with E-state index in [1.807, 2.05) is 12.2 Å². The quantitative estimate of drug-likeness (QED) is 0.0197. The maximum atomic E-state index is 12.9. The van der Waals surface area contributed by atoms with Gasteiger partial charge >= 0.3 is 25.7 Å². The Morgan fingerprint density at radius 2 is 0.716 bits per heavy atom. The van der Waals surface area contributed by atoms with Gasteiger partial charge in [-0.1, -0.05) is 193 Å². The molecule has 11 nitrogen and oxygen atoms in total. The van der Waals surface area contributed by atoms with E-state index in [1.54, 1.807) is 0 Å². The Morgan fingerprint density at radius 3 is 1.14 bits per heavy atom. The fourth-order valence-electron chi connectivity index (χ4n) is 6.83. The van der Waals surface area contributed by atoms with Gasteiger partial charge in [0.1, 0.15) is 12.7 Å². The van der Waals surface area contributed by atoms with Crippen LogP contribution in [0.2, 0.25) is 0 Å². The molecule has 3 atom stereocenters. The van der Waals surface area contributed by atoms with E-state index >= 15 is 0 Å². The Kier molecular flexibility index (Phi) is 51.6. The number of aliphatic hydroxyl groups is 1. The molecule has 0 aromatic heterocycles. The van der Waals surface area contributed by atoms with Crippen LogP contribution < -0.4 is 0 Å². The molecule has 0 spiro atoms. The second-order valence-corrected chi connectivity index (χ2v) is 19.4. The predicted octanol–water partition coefficient (Wildman–Crippen LogP) is 16.6. The molecule has 0 bridgehead atoms. The standard InChI is InChI=1S/C62H99O11P/c1-4-7-10-13-16-19-22-25-27-29-31-34-37-40-43-46-49-52-61(65)72-58(54-63)56-70-74(67,68)71-57-59(55-69-60(64)51-48-45-42-39-36-33-24-21-18-15-12-9-6-3)73-62(66)53-50-47-44-41-38-35-32-30-28-26-23-20-17-14-11-8-5-2/h7-8,10-12,15-17,19-21,24-28,31-32,34-35,41,44,58-59,63H,4-6,9,13-14,18,22-23,29-30,33,36-40,42-43,45-57H2,1-3H3,(H,67,68)/b10-7-,11-8-,15-12-,19-16-,20-17-,24-21-,27-25-,28-26-,34-31-,35-32-,44-41-. The minimum atomic E-state index is -4.78. The summed E-state index contributed by atoms with van der Waals surface area (Å²) in [5, 5.41) is 9.81. The molecule has 0 aliphatic heterocycles. The van der Waals surface area contributed by atoms with Crippen molar-refractivity contribution in [3.63, 3.8) is 0 Å². The third-order valence-corrected chi connectivity index (χ3v) is 12.0. The van der Waals surface area contributed by atoms with Gasteiger partial charge < -0.3 is 24.2 Å². The van der Waals surface area contributed by atoms with E-state index < -0.39 is 57.8 Å². The lowest BCUT2D eigenvalue weighted by atomic mass is 10.1. The van der Waals surface area contributed by atoms with Crippen molar-refractivity contribution in [1.82, 2.24) is 0 Å². The molecule has 0 amide bonds. The van der Waals surface area contributed by atoms with Crippen molar-refractivity contribution in [3.05, 3.63) is 134 Å². The van der Waals surface area contributed by atoms with Gasteiger partial charge in [0.15, 0.2) is 6.10 Å². The Bertz CT molecular complexity index is 1750. The van der Waals surface area contributed by atoms with E-state index in [0.29, 0.717) is 25.7 Å². The lowest BCUT2D eigenvalue weighted by Gasteiger charge is -2.21. The van der Waals surface area contributed by atoms with Crippen molar-refractivity contribution in [1.29, 1.82) is 0 Å². The second kappa shape index (κ2) is 54.9. The number of phosphoric ester groups is 1. The average molecular weight is 1050 g/mol. The Hall–Kier alpha value is -4.38. The van der Waals surface area contributed by atoms with Gasteiger partial charge in [0.05, 0.1) is 19.8 Å². The molecule has 0 radical (unpaired) electrons. The van der Waals surface area contributed by atoms with Crippen LogP contribution >= 0.6 is 7.82 Å². The van der Waals surface area contributed by atoms with Crippen LogP contribution in [0.25, 0.3) is 0 Å². The molecule has 0 aromatic rings. The van der Waals surface area contributed by atoms with Crippen LogP contribution in [0, 0.1) is 0 Å². The highest BCUT2D eigenvalue weighted by molar-refractivity contribution is 7.47. The molecule has 3 unspecified atom stereocenters. The van der Waals surface area contributed by atoms with Gasteiger partial charge in [0.25, 0.3) is 0 Å². The number of hydrogen-bond donors (Lipinski definition) is 2. The van der Waals surface area contributed by atoms with Crippen LogP contribution in [-0.2, 0) is 42.2 Å². The van der Waals surface area contributed by atoms with Gasteiger partial charge in [-0.25, -0.2) is 4.57 Å². The SMILES string of the molecule is CC/C=C\C/C=C\C/C=C\C/C=C\C/C=C\CCCC(=O)OC(COC(=O)CCCCCCC/C=C\C/C=C\CCC)COP(=O)(O)OCC(CO)OC(=O)CCCCCC/C=C\C/C=C\C/C=C\C/C=C\CC. The van der Waals surface area contributed by atoms with Crippen molar-refractivity contribution in [2.45, 2.75) is 213 Å². The third kappa shape index (κ3) is 52.5. The summed E-state index contributed by atoms with van der Waals surface area (Å²) in [6.45, 7) is 4.22. The molecule has 0 saturated carbocycles. The molecule has 0 heterocycles. The van der Waals surface area contributed by atoms with Crippen molar-refractivity contribution < 1.29 is 52.2 Å². The summed E-state index contributed by atoms with van der Waals surface area (Å²) >= 11 is 0. The molecule has 0 saturated heterocycles. The van der Waals surface area contributed by atoms with Crippen LogP contribution in [-0.4, -0.2) is 66.5 Å². The van der Waals surface area contributed by atoms with Crippen molar-refractivity contribution in [2.75, 3.05) is 26.4 Å². The highest BCUT2D eigenvalue weighted by Gasteiger charge is 2.28. The van der Waals surface area contributed by atoms with Gasteiger partial charge in [-0.05, 0) is 122 Å². The summed E-state index contributed by atoms with van der Waals surface area (Å²) in [6.07, 6.45) is 68.5. The number of carbonyl (C=O) groups excluding carboxylic acids is 3. The third-order valence-electron chi connectivity index (χ3n) is 11.0. The van der Waals surface area contributed by atoms with Crippen molar-refractivity contribution in [2.24, 2.45) is 0 Å². The fraction of sp³-hybridized carbons (Fsp3) is 0.597. The molecule has 0 fully saturated rings. The van der Waals surface area contributed by atoms with Crippen LogP contribution in [0.5, 0.6) is 0 Å². The molecule has 0 aromatic carbocycles. The lowest BCUT2D eigenvalue weighted by molar-refractivity contribution is -0.161. The highest BCUT2D eigenvalue weighted by Crippen LogP contribution is 2.43. The zero-order valence-corrected chi connectivity index (χ0v) is 46.9. The monoisotopic (exact) mass is 1050 g/mol. The number of rotatable bonds is 50. The zero-order valence-electron chi connectivity index (χ0n) is 46.0. The van der Waals surface area contributed by atoms with Crippen LogP contribution in [0.15, 0.2) is 134 Å². The fourth-order valence-corrected chi connectivity index (χ4v) is 7.61. The largest absolute Gasteiger partial charge is 0.472 e. The normalized spacial score (nSPS) is 14.4. The first kappa shape index (κ1) is 69.6. The highest BCUT2D eigenvalue weighted by atomic mass is 31.2. The molecule has 0 rings (SSSR count). The Labute approximate surface area is 449 Å². The molecule has 0 aliphatic carbocycles. The van der Waals surface area contributed by atoms with Crippen molar-refractivity contribution in [3.8, 4) is 0 Å². The Morgan fingerprint density at radius 1 is 0.392 bits per heavy atom. The molecular weight excluding hydrogens is 952 g/mol. The molecule has 2 N–H and O–H groups in total. The van der Waals surface area contributed by atoms with E-state index in [4.69, 9.17) is 23.3 Å².